The summed E-state index contributed by atoms with van der Waals surface area (Å²) in [4.78, 5) is 0. The Bertz CT molecular complexity index is 143. The van der Waals surface area contributed by atoms with E-state index in [0.717, 1.165) is 6.42 Å². The van der Waals surface area contributed by atoms with Crippen molar-refractivity contribution in [2.45, 2.75) is 45.1 Å². The second-order valence-corrected chi connectivity index (χ2v) is 3.53. The van der Waals surface area contributed by atoms with Gasteiger partial charge in [0.1, 0.15) is 0 Å². The molecule has 0 bridgehead atoms. The summed E-state index contributed by atoms with van der Waals surface area (Å²) < 4.78 is 5.42. The van der Waals surface area contributed by atoms with Gasteiger partial charge < -0.3 is 9.84 Å². The van der Waals surface area contributed by atoms with Crippen molar-refractivity contribution in [3.63, 3.8) is 0 Å². The van der Waals surface area contributed by atoms with Gasteiger partial charge in [-0.05, 0) is 19.8 Å². The smallest absolute Gasteiger partial charge is 0.0830 e. The van der Waals surface area contributed by atoms with E-state index in [0.29, 0.717) is 6.42 Å². The maximum Gasteiger partial charge on any atom is 0.0830 e. The monoisotopic (exact) mass is 186 g/mol. The van der Waals surface area contributed by atoms with Crippen molar-refractivity contribution in [2.75, 3.05) is 13.7 Å². The molecule has 0 aliphatic heterocycles. The molecule has 0 spiro atoms. The molecule has 1 atom stereocenters. The maximum absolute atomic E-state index is 8.62. The Morgan fingerprint density at radius 1 is 1.46 bits per heavy atom. The van der Waals surface area contributed by atoms with Gasteiger partial charge in [-0.15, -0.1) is 0 Å². The summed E-state index contributed by atoms with van der Waals surface area (Å²) in [5.74, 6) is 0. The molecule has 0 radical (unpaired) electrons. The Labute approximate surface area is 81.6 Å². The van der Waals surface area contributed by atoms with Crippen molar-refractivity contribution < 1.29 is 9.84 Å². The second kappa shape index (κ2) is 7.10. The molecule has 0 saturated heterocycles. The van der Waals surface area contributed by atoms with E-state index >= 15 is 0 Å². The van der Waals surface area contributed by atoms with Crippen LogP contribution in [0.2, 0.25) is 0 Å². The zero-order chi connectivity index (χ0) is 10.2. The quantitative estimate of drug-likeness (QED) is 0.619. The molecule has 0 amide bonds. The fourth-order valence-corrected chi connectivity index (χ4v) is 1.19. The van der Waals surface area contributed by atoms with E-state index in [-0.39, 0.29) is 12.2 Å². The fraction of sp³-hybridized carbons (Fsp3) is 0.818. The molecule has 13 heavy (non-hydrogen) atoms. The first-order valence-corrected chi connectivity index (χ1v) is 5.02. The van der Waals surface area contributed by atoms with E-state index in [4.69, 9.17) is 9.84 Å². The molecule has 2 heteroatoms. The second-order valence-electron chi connectivity index (χ2n) is 3.53. The SMILES string of the molecule is CCCCC(C)(/C=C/CCO)OC. The first-order valence-electron chi connectivity index (χ1n) is 5.02. The Kier molecular flexibility index (Phi) is 6.92. The predicted molar refractivity (Wildman–Crippen MR) is 55.8 cm³/mol. The third-order valence-corrected chi connectivity index (χ3v) is 2.26. The van der Waals surface area contributed by atoms with E-state index in [9.17, 15) is 0 Å². The summed E-state index contributed by atoms with van der Waals surface area (Å²) in [7, 11) is 1.74. The highest BCUT2D eigenvalue weighted by molar-refractivity contribution is 4.99. The van der Waals surface area contributed by atoms with Gasteiger partial charge in [0.25, 0.3) is 0 Å². The standard InChI is InChI=1S/C11H22O2/c1-4-5-8-11(2,13-3)9-6-7-10-12/h6,9,12H,4-5,7-8,10H2,1-3H3/b9-6+. The summed E-state index contributed by atoms with van der Waals surface area (Å²) in [6.07, 6.45) is 8.16. The highest BCUT2D eigenvalue weighted by atomic mass is 16.5. The first kappa shape index (κ1) is 12.7. The van der Waals surface area contributed by atoms with Gasteiger partial charge in [0.2, 0.25) is 0 Å². The lowest BCUT2D eigenvalue weighted by molar-refractivity contribution is 0.0392. The van der Waals surface area contributed by atoms with Crippen LogP contribution in [-0.4, -0.2) is 24.4 Å². The number of aliphatic hydroxyl groups excluding tert-OH is 1. The third kappa shape index (κ3) is 5.83. The van der Waals surface area contributed by atoms with Crippen LogP contribution in [-0.2, 0) is 4.74 Å². The molecular formula is C11H22O2. The average Bonchev–Trinajstić information content (AvgIpc) is 2.15. The summed E-state index contributed by atoms with van der Waals surface area (Å²) in [6, 6.07) is 0. The van der Waals surface area contributed by atoms with Gasteiger partial charge >= 0.3 is 0 Å². The highest BCUT2D eigenvalue weighted by Gasteiger charge is 2.17. The van der Waals surface area contributed by atoms with E-state index in [1.165, 1.54) is 12.8 Å². The number of unbranched alkanes of at least 4 members (excludes halogenated alkanes) is 1. The average molecular weight is 186 g/mol. The molecule has 78 valence electrons. The van der Waals surface area contributed by atoms with Gasteiger partial charge in [0.15, 0.2) is 0 Å². The largest absolute Gasteiger partial charge is 0.396 e. The van der Waals surface area contributed by atoms with Crippen molar-refractivity contribution in [3.8, 4) is 0 Å². The van der Waals surface area contributed by atoms with Crippen LogP contribution in [0.5, 0.6) is 0 Å². The van der Waals surface area contributed by atoms with Crippen LogP contribution in [0, 0.1) is 0 Å². The van der Waals surface area contributed by atoms with Crippen LogP contribution in [0.15, 0.2) is 12.2 Å². The minimum atomic E-state index is -0.148. The van der Waals surface area contributed by atoms with Gasteiger partial charge in [0, 0.05) is 13.7 Å². The first-order chi connectivity index (χ1) is 6.18. The minimum Gasteiger partial charge on any atom is -0.396 e. The van der Waals surface area contributed by atoms with Crippen LogP contribution >= 0.6 is 0 Å². The Balaban J connectivity index is 3.94. The molecule has 0 rings (SSSR count). The number of methoxy groups -OCH3 is 1. The number of aliphatic hydroxyl groups is 1. The van der Waals surface area contributed by atoms with Crippen LogP contribution in [0.25, 0.3) is 0 Å². The zero-order valence-electron chi connectivity index (χ0n) is 9.05. The van der Waals surface area contributed by atoms with Gasteiger partial charge in [-0.3, -0.25) is 0 Å². The summed E-state index contributed by atoms with van der Waals surface area (Å²) in [5, 5.41) is 8.62. The molecule has 0 aliphatic carbocycles. The van der Waals surface area contributed by atoms with Crippen molar-refractivity contribution in [2.24, 2.45) is 0 Å². The number of hydrogen-bond acceptors (Lipinski definition) is 2. The molecule has 0 aromatic heterocycles. The normalized spacial score (nSPS) is 16.3. The lowest BCUT2D eigenvalue weighted by atomic mass is 9.98. The third-order valence-electron chi connectivity index (χ3n) is 2.26. The molecule has 2 nitrogen and oxygen atoms in total. The van der Waals surface area contributed by atoms with Crippen LogP contribution < -0.4 is 0 Å². The minimum absolute atomic E-state index is 0.148. The molecule has 1 unspecified atom stereocenters. The van der Waals surface area contributed by atoms with E-state index in [1.54, 1.807) is 7.11 Å². The van der Waals surface area contributed by atoms with Crippen LogP contribution in [0.4, 0.5) is 0 Å². The van der Waals surface area contributed by atoms with Crippen molar-refractivity contribution in [3.05, 3.63) is 12.2 Å². The molecule has 0 heterocycles. The Hall–Kier alpha value is -0.340. The van der Waals surface area contributed by atoms with E-state index < -0.39 is 0 Å². The Morgan fingerprint density at radius 3 is 2.62 bits per heavy atom. The van der Waals surface area contributed by atoms with Gasteiger partial charge in [-0.1, -0.05) is 31.9 Å². The molecule has 0 aromatic rings. The zero-order valence-corrected chi connectivity index (χ0v) is 9.05. The van der Waals surface area contributed by atoms with Gasteiger partial charge in [-0.25, -0.2) is 0 Å². The number of hydrogen-bond donors (Lipinski definition) is 1. The summed E-state index contributed by atoms with van der Waals surface area (Å²) in [5.41, 5.74) is -0.148. The lowest BCUT2D eigenvalue weighted by Crippen LogP contribution is -2.24. The molecular weight excluding hydrogens is 164 g/mol. The van der Waals surface area contributed by atoms with E-state index in [1.807, 2.05) is 6.08 Å². The number of ether oxygens (including phenoxy) is 1. The number of rotatable bonds is 7. The van der Waals surface area contributed by atoms with Crippen molar-refractivity contribution in [1.82, 2.24) is 0 Å². The van der Waals surface area contributed by atoms with Crippen LogP contribution in [0.3, 0.4) is 0 Å². The van der Waals surface area contributed by atoms with Gasteiger partial charge in [-0.2, -0.15) is 0 Å². The molecule has 0 fully saturated rings. The van der Waals surface area contributed by atoms with E-state index in [2.05, 4.69) is 19.9 Å². The Morgan fingerprint density at radius 2 is 2.15 bits per heavy atom. The lowest BCUT2D eigenvalue weighted by Gasteiger charge is -2.24. The van der Waals surface area contributed by atoms with Crippen molar-refractivity contribution in [1.29, 1.82) is 0 Å². The van der Waals surface area contributed by atoms with Gasteiger partial charge in [0.05, 0.1) is 5.60 Å². The topological polar surface area (TPSA) is 29.5 Å². The summed E-state index contributed by atoms with van der Waals surface area (Å²) >= 11 is 0. The molecule has 0 aromatic carbocycles. The highest BCUT2D eigenvalue weighted by Crippen LogP contribution is 2.19. The van der Waals surface area contributed by atoms with Crippen LogP contribution in [0.1, 0.15) is 39.5 Å². The molecule has 0 saturated carbocycles. The summed E-state index contributed by atoms with van der Waals surface area (Å²) in [6.45, 7) is 4.47. The fourth-order valence-electron chi connectivity index (χ4n) is 1.19. The maximum atomic E-state index is 8.62. The molecule has 0 aliphatic rings. The van der Waals surface area contributed by atoms with Crippen molar-refractivity contribution >= 4 is 0 Å². The molecule has 1 N–H and O–H groups in total. The predicted octanol–water partition coefficient (Wildman–Crippen LogP) is 2.52.